The first-order chi connectivity index (χ1) is 10.4. The summed E-state index contributed by atoms with van der Waals surface area (Å²) in [7, 11) is 2.97. The average molecular weight is 339 g/mol. The number of carbonyl (C=O) groups is 2. The van der Waals surface area contributed by atoms with Crippen LogP contribution in [0.4, 0.5) is 0 Å². The Bertz CT molecular complexity index is 677. The van der Waals surface area contributed by atoms with E-state index in [0.29, 0.717) is 22.6 Å². The van der Waals surface area contributed by atoms with Gasteiger partial charge in [-0.25, -0.2) is 0 Å². The van der Waals surface area contributed by atoms with Crippen molar-refractivity contribution in [1.29, 1.82) is 0 Å². The van der Waals surface area contributed by atoms with Gasteiger partial charge in [0.05, 0.1) is 14.2 Å². The molecule has 114 valence electrons. The van der Waals surface area contributed by atoms with E-state index in [1.807, 2.05) is 0 Å². The molecule has 0 atom stereocenters. The van der Waals surface area contributed by atoms with E-state index >= 15 is 0 Å². The number of ether oxygens (including phenoxy) is 2. The highest BCUT2D eigenvalue weighted by atomic mass is 35.5. The zero-order valence-corrected chi connectivity index (χ0v) is 13.4. The molecule has 0 unspecified atom stereocenters. The molecule has 0 aliphatic carbocycles. The van der Waals surface area contributed by atoms with Crippen molar-refractivity contribution in [1.82, 2.24) is 0 Å². The van der Waals surface area contributed by atoms with Crippen molar-refractivity contribution >= 4 is 33.7 Å². The molecule has 2 rings (SSSR count). The first-order valence-electron chi connectivity index (χ1n) is 6.23. The Hall–Kier alpha value is -2.04. The normalized spacial score (nSPS) is 10.2. The van der Waals surface area contributed by atoms with Crippen molar-refractivity contribution in [2.24, 2.45) is 0 Å². The number of carbonyl (C=O) groups excluding carboxylic acids is 2. The van der Waals surface area contributed by atoms with Gasteiger partial charge in [-0.2, -0.15) is 0 Å². The van der Waals surface area contributed by atoms with Crippen molar-refractivity contribution in [2.45, 2.75) is 0 Å². The van der Waals surface area contributed by atoms with Crippen LogP contribution in [0.3, 0.4) is 0 Å². The summed E-state index contributed by atoms with van der Waals surface area (Å²) in [6, 6.07) is 9.73. The fourth-order valence-electron chi connectivity index (χ4n) is 1.99. The molecule has 0 saturated heterocycles. The van der Waals surface area contributed by atoms with Crippen molar-refractivity contribution in [3.05, 3.63) is 47.5 Å². The van der Waals surface area contributed by atoms with E-state index in [-0.39, 0.29) is 11.1 Å². The molecule has 0 radical (unpaired) electrons. The molecule has 2 aromatic rings. The maximum absolute atomic E-state index is 11.4. The van der Waals surface area contributed by atoms with Crippen LogP contribution in [0.2, 0.25) is 0 Å². The third-order valence-corrected chi connectivity index (χ3v) is 3.51. The lowest BCUT2D eigenvalue weighted by molar-refractivity contribution is 0.107. The average Bonchev–Trinajstić information content (AvgIpc) is 2.53. The van der Waals surface area contributed by atoms with Crippen LogP contribution in [-0.2, 0) is 0 Å². The van der Waals surface area contributed by atoms with Crippen LogP contribution in [0, 0.1) is 0 Å². The van der Waals surface area contributed by atoms with E-state index in [4.69, 9.17) is 32.7 Å². The third kappa shape index (κ3) is 3.59. The van der Waals surface area contributed by atoms with Crippen molar-refractivity contribution < 1.29 is 19.1 Å². The monoisotopic (exact) mass is 338 g/mol. The maximum atomic E-state index is 11.4. The highest BCUT2D eigenvalue weighted by Gasteiger charge is 2.12. The van der Waals surface area contributed by atoms with Crippen molar-refractivity contribution in [3.63, 3.8) is 0 Å². The molecule has 0 amide bonds. The van der Waals surface area contributed by atoms with Crippen molar-refractivity contribution in [2.75, 3.05) is 14.2 Å². The lowest BCUT2D eigenvalue weighted by atomic mass is 10.0. The highest BCUT2D eigenvalue weighted by Crippen LogP contribution is 2.31. The molecule has 0 N–H and O–H groups in total. The topological polar surface area (TPSA) is 52.6 Å². The van der Waals surface area contributed by atoms with Gasteiger partial charge < -0.3 is 9.47 Å². The van der Waals surface area contributed by atoms with E-state index in [0.717, 1.165) is 0 Å². The van der Waals surface area contributed by atoms with Crippen LogP contribution in [0.5, 0.6) is 11.5 Å². The van der Waals surface area contributed by atoms with Gasteiger partial charge in [0.15, 0.2) is 0 Å². The maximum Gasteiger partial charge on any atom is 0.252 e. The smallest absolute Gasteiger partial charge is 0.252 e. The summed E-state index contributed by atoms with van der Waals surface area (Å²) in [5.41, 5.74) is 1.89. The van der Waals surface area contributed by atoms with Crippen LogP contribution in [0.15, 0.2) is 36.4 Å². The van der Waals surface area contributed by atoms with Crippen LogP contribution < -0.4 is 9.47 Å². The predicted molar refractivity (Wildman–Crippen MR) is 85.3 cm³/mol. The van der Waals surface area contributed by atoms with E-state index in [1.54, 1.807) is 24.3 Å². The minimum absolute atomic E-state index is 0.289. The number of hydrogen-bond donors (Lipinski definition) is 0. The molecular weight excluding hydrogens is 327 g/mol. The summed E-state index contributed by atoms with van der Waals surface area (Å²) in [5.74, 6) is 0.950. The summed E-state index contributed by atoms with van der Waals surface area (Å²) in [6.45, 7) is 0. The van der Waals surface area contributed by atoms with Gasteiger partial charge in [0.25, 0.3) is 10.5 Å². The van der Waals surface area contributed by atoms with Crippen molar-refractivity contribution in [3.8, 4) is 22.6 Å². The molecule has 0 aliphatic heterocycles. The quantitative estimate of drug-likeness (QED) is 0.769. The van der Waals surface area contributed by atoms with Gasteiger partial charge >= 0.3 is 0 Å². The molecule has 0 aliphatic rings. The molecule has 0 fully saturated rings. The minimum Gasteiger partial charge on any atom is -0.497 e. The van der Waals surface area contributed by atoms with Gasteiger partial charge in [0.2, 0.25) is 0 Å². The Morgan fingerprint density at radius 1 is 0.727 bits per heavy atom. The van der Waals surface area contributed by atoms with Crippen LogP contribution in [0.25, 0.3) is 11.1 Å². The van der Waals surface area contributed by atoms with Gasteiger partial charge in [0.1, 0.15) is 11.5 Å². The molecule has 0 aromatic heterocycles. The molecule has 6 heteroatoms. The van der Waals surface area contributed by atoms with Crippen LogP contribution >= 0.6 is 23.2 Å². The minimum atomic E-state index is -0.600. The molecule has 2 aromatic carbocycles. The Morgan fingerprint density at radius 2 is 1.09 bits per heavy atom. The molecule has 0 spiro atoms. The summed E-state index contributed by atoms with van der Waals surface area (Å²) in [4.78, 5) is 22.8. The zero-order valence-electron chi connectivity index (χ0n) is 11.9. The lowest BCUT2D eigenvalue weighted by Crippen LogP contribution is -1.95. The summed E-state index contributed by atoms with van der Waals surface area (Å²) in [6.07, 6.45) is 0. The fourth-order valence-corrected chi connectivity index (χ4v) is 2.21. The van der Waals surface area contributed by atoms with Gasteiger partial charge in [-0.3, -0.25) is 9.59 Å². The second kappa shape index (κ2) is 6.81. The molecule has 0 bridgehead atoms. The van der Waals surface area contributed by atoms with Crippen LogP contribution in [-0.4, -0.2) is 24.7 Å². The lowest BCUT2D eigenvalue weighted by Gasteiger charge is -2.10. The van der Waals surface area contributed by atoms with E-state index in [1.165, 1.54) is 26.4 Å². The molecule has 0 saturated carbocycles. The second-order valence-corrected chi connectivity index (χ2v) is 5.13. The number of halogens is 2. The standard InChI is InChI=1S/C16H12Cl2O4/c1-21-13-5-9(3-11(7-13)15(17)19)10-4-12(16(18)20)8-14(6-10)22-2/h3-8H,1-2H3. The SMILES string of the molecule is COc1cc(C(=O)Cl)cc(-c2cc(OC)cc(C(=O)Cl)c2)c1. The first-order valence-corrected chi connectivity index (χ1v) is 6.98. The summed E-state index contributed by atoms with van der Waals surface area (Å²) < 4.78 is 10.3. The Morgan fingerprint density at radius 3 is 1.36 bits per heavy atom. The summed E-state index contributed by atoms with van der Waals surface area (Å²) >= 11 is 11.1. The summed E-state index contributed by atoms with van der Waals surface area (Å²) in [5, 5.41) is -1.20. The molecule has 4 nitrogen and oxygen atoms in total. The van der Waals surface area contributed by atoms with E-state index < -0.39 is 10.5 Å². The Kier molecular flexibility index (Phi) is 5.06. The Balaban J connectivity index is 2.64. The highest BCUT2D eigenvalue weighted by molar-refractivity contribution is 6.68. The van der Waals surface area contributed by atoms with E-state index in [2.05, 4.69) is 0 Å². The molecular formula is C16H12Cl2O4. The number of methoxy groups -OCH3 is 2. The number of benzene rings is 2. The Labute approximate surface area is 137 Å². The van der Waals surface area contributed by atoms with E-state index in [9.17, 15) is 9.59 Å². The third-order valence-electron chi connectivity index (χ3n) is 3.07. The number of rotatable bonds is 5. The molecule has 0 heterocycles. The number of hydrogen-bond acceptors (Lipinski definition) is 4. The van der Waals surface area contributed by atoms with Crippen LogP contribution in [0.1, 0.15) is 20.7 Å². The largest absolute Gasteiger partial charge is 0.497 e. The predicted octanol–water partition coefficient (Wildman–Crippen LogP) is 4.13. The van der Waals surface area contributed by atoms with Gasteiger partial charge in [-0.15, -0.1) is 0 Å². The fraction of sp³-hybridized carbons (Fsp3) is 0.125. The van der Waals surface area contributed by atoms with Gasteiger partial charge in [-0.1, -0.05) is 0 Å². The first kappa shape index (κ1) is 16.3. The van der Waals surface area contributed by atoms with Gasteiger partial charge in [0, 0.05) is 11.1 Å². The van der Waals surface area contributed by atoms with Gasteiger partial charge in [-0.05, 0) is 70.7 Å². The zero-order chi connectivity index (χ0) is 16.3. The second-order valence-electron chi connectivity index (χ2n) is 4.45. The molecule has 22 heavy (non-hydrogen) atoms.